The lowest BCUT2D eigenvalue weighted by Crippen LogP contribution is -2.86. The van der Waals surface area contributed by atoms with Gasteiger partial charge in [0.05, 0.1) is 11.3 Å². The summed E-state index contributed by atoms with van der Waals surface area (Å²) in [4.78, 5) is 18.1. The van der Waals surface area contributed by atoms with E-state index in [2.05, 4.69) is 4.98 Å². The molecule has 1 aliphatic rings. The van der Waals surface area contributed by atoms with Crippen LogP contribution in [0.1, 0.15) is 45.4 Å². The molecule has 0 amide bonds. The van der Waals surface area contributed by atoms with Crippen LogP contribution in [0.5, 0.6) is 0 Å². The molecule has 17 heteroatoms. The van der Waals surface area contributed by atoms with Crippen molar-refractivity contribution in [2.45, 2.75) is 54.9 Å². The van der Waals surface area contributed by atoms with E-state index in [0.29, 0.717) is 35.2 Å². The topological polar surface area (TPSA) is 100 Å². The summed E-state index contributed by atoms with van der Waals surface area (Å²) >= 11 is 0. The van der Waals surface area contributed by atoms with Gasteiger partial charge in [0.15, 0.2) is 33.4 Å². The minimum atomic E-state index is -4.52. The Kier molecular flexibility index (Phi) is 6.93. The van der Waals surface area contributed by atoms with E-state index in [1.807, 2.05) is 6.92 Å². The molecule has 2 atom stereocenters. The molecule has 1 aliphatic heterocycles. The highest BCUT2D eigenvalue weighted by Crippen LogP contribution is 2.43. The summed E-state index contributed by atoms with van der Waals surface area (Å²) in [6.45, 7) is 3.30. The quantitative estimate of drug-likeness (QED) is 0.256. The first kappa shape index (κ1) is 29.4. The molecule has 39 heavy (non-hydrogen) atoms. The molecule has 2 unspecified atom stereocenters. The number of aliphatic hydroxyl groups is 2. The van der Waals surface area contributed by atoms with Gasteiger partial charge in [-0.15, -0.1) is 5.10 Å². The highest BCUT2D eigenvalue weighted by molar-refractivity contribution is 6.50. The maximum absolute atomic E-state index is 13.6. The van der Waals surface area contributed by atoms with Gasteiger partial charge in [0, 0.05) is 22.7 Å². The summed E-state index contributed by atoms with van der Waals surface area (Å²) in [7, 11) is 9.83. The van der Waals surface area contributed by atoms with Gasteiger partial charge in [0.25, 0.3) is 0 Å². The lowest BCUT2D eigenvalue weighted by atomic mass is 9.42. The van der Waals surface area contributed by atoms with Gasteiger partial charge in [-0.2, -0.15) is 13.2 Å². The number of aldehydes is 1. The van der Waals surface area contributed by atoms with E-state index >= 15 is 0 Å². The number of aromatic nitrogens is 3. The molecule has 0 aliphatic carbocycles. The monoisotopic (exact) mass is 536 g/mol. The van der Waals surface area contributed by atoms with E-state index in [1.165, 1.54) is 25.4 Å². The zero-order valence-electron chi connectivity index (χ0n) is 23.4. The molecule has 3 heterocycles. The summed E-state index contributed by atoms with van der Waals surface area (Å²) in [6, 6.07) is 5.68. The van der Waals surface area contributed by atoms with Crippen molar-refractivity contribution < 1.29 is 32.9 Å². The first-order valence-electron chi connectivity index (χ1n) is 12.8. The normalized spacial score (nSPS) is 24.6. The Morgan fingerprint density at radius 2 is 1.74 bits per heavy atom. The average Bonchev–Trinajstić information content (AvgIpc) is 3.14. The number of ether oxygens (including phenoxy) is 1. The molecule has 8 nitrogen and oxygen atoms in total. The fraction of sp³-hybridized carbons (Fsp3) is 0.409. The number of hydrogen-bond donors (Lipinski definition) is 2. The molecule has 1 fully saturated rings. The van der Waals surface area contributed by atoms with Crippen molar-refractivity contribution in [3.63, 3.8) is 0 Å². The third-order valence-electron chi connectivity index (χ3n) is 8.33. The van der Waals surface area contributed by atoms with E-state index in [0.717, 1.165) is 6.07 Å². The number of aryl methyl sites for hydroxylation is 1. The van der Waals surface area contributed by atoms with Crippen LogP contribution in [0.25, 0.3) is 5.65 Å². The number of anilines is 1. The van der Waals surface area contributed by atoms with Gasteiger partial charge >= 0.3 is 6.18 Å². The number of rotatable bonds is 5. The number of fused-ring (bicyclic) bond motifs is 1. The number of alkyl halides is 3. The van der Waals surface area contributed by atoms with Crippen molar-refractivity contribution in [2.24, 2.45) is 0 Å². The van der Waals surface area contributed by atoms with Crippen LogP contribution in [0.2, 0.25) is 0 Å². The Labute approximate surface area is 230 Å². The van der Waals surface area contributed by atoms with E-state index in [4.69, 9.17) is 9.84 Å². The molecule has 1 saturated heterocycles. The molecule has 2 aromatic heterocycles. The number of nitrogens with zero attached hydrogens (tertiary/aromatic N) is 4. The van der Waals surface area contributed by atoms with Crippen LogP contribution in [0, 0.1) is 6.92 Å². The number of hydrogen-bond acceptors (Lipinski definition) is 7. The molecular formula is C22H29B6F3N4O4. The second-order valence-corrected chi connectivity index (χ2v) is 11.5. The molecular weight excluding hydrogens is 506 g/mol. The zero-order valence-corrected chi connectivity index (χ0v) is 23.4. The number of carbonyl (C=O) groups excluding carboxylic acids is 1. The molecule has 4 rings (SSSR count). The van der Waals surface area contributed by atoms with Crippen molar-refractivity contribution in [1.29, 1.82) is 0 Å². The maximum Gasteiger partial charge on any atom is 0.416 e. The molecule has 200 valence electrons. The second-order valence-electron chi connectivity index (χ2n) is 11.5. The number of benzene rings is 1. The Bertz CT molecular complexity index is 1440. The molecule has 2 N–H and O–H groups in total. The third-order valence-corrected chi connectivity index (χ3v) is 8.33. The smallest absolute Gasteiger partial charge is 0.378 e. The van der Waals surface area contributed by atoms with E-state index in [9.17, 15) is 28.2 Å². The fourth-order valence-corrected chi connectivity index (χ4v) is 5.37. The first-order valence-corrected chi connectivity index (χ1v) is 12.8. The number of halogens is 3. The maximum atomic E-state index is 13.6. The highest BCUT2D eigenvalue weighted by Gasteiger charge is 2.62. The zero-order chi connectivity index (χ0) is 29.3. The Morgan fingerprint density at radius 1 is 1.10 bits per heavy atom. The van der Waals surface area contributed by atoms with Crippen LogP contribution >= 0.6 is 0 Å². The van der Waals surface area contributed by atoms with Crippen LogP contribution in [-0.4, -0.2) is 100 Å². The summed E-state index contributed by atoms with van der Waals surface area (Å²) in [5, 5.41) is 25.4. The minimum absolute atomic E-state index is 0.0310. The van der Waals surface area contributed by atoms with Gasteiger partial charge in [0.2, 0.25) is 0 Å². The summed E-state index contributed by atoms with van der Waals surface area (Å²) in [5.74, 6) is 0.280. The van der Waals surface area contributed by atoms with Crippen molar-refractivity contribution >= 4 is 64.8 Å². The Morgan fingerprint density at radius 3 is 2.31 bits per heavy atom. The molecule has 0 saturated carbocycles. The Balaban J connectivity index is 1.98. The second kappa shape index (κ2) is 9.21. The number of morpholine rings is 1. The van der Waals surface area contributed by atoms with Gasteiger partial charge in [-0.25, -0.2) is 9.50 Å². The van der Waals surface area contributed by atoms with E-state index in [1.54, 1.807) is 56.3 Å². The molecule has 1 aromatic carbocycles. The van der Waals surface area contributed by atoms with Crippen molar-refractivity contribution in [1.82, 2.24) is 14.6 Å². The summed E-state index contributed by atoms with van der Waals surface area (Å²) in [5.41, 5.74) is -2.22. The van der Waals surface area contributed by atoms with Crippen molar-refractivity contribution in [3.8, 4) is 0 Å². The van der Waals surface area contributed by atoms with Crippen LogP contribution in [0.4, 0.5) is 19.0 Å². The van der Waals surface area contributed by atoms with Crippen molar-refractivity contribution in [3.05, 3.63) is 57.9 Å². The standard InChI is InChI=1S/C22H29B6F3N4O4/c1-3-11-8-16(35-19(23,24)22(28,38)39-20(25,26)21(35,27)37)33-34-15(14(9-36)32-17(11)34)7-12-5-4-6-13(10(12)2)18(29,30)31/h4-6,8-9,37-38H,3,7,23-28H2,1-2H3. The average molecular weight is 535 g/mol. The Hall–Kier alpha value is -2.63. The predicted octanol–water partition coefficient (Wildman–Crippen LogP) is -3.74. The molecule has 3 aromatic rings. The van der Waals surface area contributed by atoms with Crippen LogP contribution in [0.3, 0.4) is 0 Å². The van der Waals surface area contributed by atoms with Gasteiger partial charge in [-0.05, 0) is 36.6 Å². The van der Waals surface area contributed by atoms with Gasteiger partial charge in [0.1, 0.15) is 48.4 Å². The molecule has 0 spiro atoms. The first-order chi connectivity index (χ1) is 17.8. The minimum Gasteiger partial charge on any atom is -0.378 e. The van der Waals surface area contributed by atoms with E-state index < -0.39 is 33.8 Å². The van der Waals surface area contributed by atoms with Crippen LogP contribution < -0.4 is 4.90 Å². The SMILES string of the molecule is BC1(B)OC(B)(O)C(B)(B)N(c2cc(CC)c3nc(C=O)c(Cc4cccc(C(F)(F)F)c4C)n3n2)C1(B)O. The highest BCUT2D eigenvalue weighted by atomic mass is 19.4. The molecule has 0 radical (unpaired) electrons. The van der Waals surface area contributed by atoms with Crippen LogP contribution in [-0.2, 0) is 23.8 Å². The number of imidazole rings is 1. The van der Waals surface area contributed by atoms with Gasteiger partial charge in [-0.1, -0.05) is 19.1 Å². The lowest BCUT2D eigenvalue weighted by molar-refractivity contribution is -0.233. The van der Waals surface area contributed by atoms with Gasteiger partial charge in [-0.3, -0.25) is 4.79 Å². The van der Waals surface area contributed by atoms with Crippen LogP contribution in [0.15, 0.2) is 24.3 Å². The summed E-state index contributed by atoms with van der Waals surface area (Å²) in [6.07, 6.45) is -3.50. The summed E-state index contributed by atoms with van der Waals surface area (Å²) < 4.78 is 48.2. The third kappa shape index (κ3) is 4.52. The number of carbonyl (C=O) groups is 1. The van der Waals surface area contributed by atoms with Crippen molar-refractivity contribution in [2.75, 3.05) is 4.90 Å². The lowest BCUT2D eigenvalue weighted by Gasteiger charge is -2.66. The predicted molar refractivity (Wildman–Crippen MR) is 157 cm³/mol. The molecule has 0 bridgehead atoms. The fourth-order valence-electron chi connectivity index (χ4n) is 5.37. The largest absolute Gasteiger partial charge is 0.416 e. The van der Waals surface area contributed by atoms with Gasteiger partial charge < -0.3 is 19.8 Å². The van der Waals surface area contributed by atoms with E-state index in [-0.39, 0.29) is 23.5 Å².